The van der Waals surface area contributed by atoms with Crippen molar-refractivity contribution < 1.29 is 9.59 Å². The van der Waals surface area contributed by atoms with E-state index in [0.29, 0.717) is 13.1 Å². The average molecular weight is 341 g/mol. The third-order valence-electron chi connectivity index (χ3n) is 5.32. The predicted molar refractivity (Wildman–Crippen MR) is 92.6 cm³/mol. The maximum Gasteiger partial charge on any atom is 0.244 e. The molecule has 1 aromatic heterocycles. The van der Waals surface area contributed by atoms with Crippen molar-refractivity contribution >= 4 is 22.8 Å². The normalized spacial score (nSPS) is 18.9. The second kappa shape index (κ2) is 6.82. The van der Waals surface area contributed by atoms with E-state index >= 15 is 0 Å². The summed E-state index contributed by atoms with van der Waals surface area (Å²) in [6, 6.07) is 7.63. The fourth-order valence-electron chi connectivity index (χ4n) is 3.83. The number of para-hydroxylation sites is 1. The van der Waals surface area contributed by atoms with Crippen molar-refractivity contribution in [3.05, 3.63) is 24.3 Å². The summed E-state index contributed by atoms with van der Waals surface area (Å²) in [5.41, 5.74) is 1.67. The second-order valence-corrected chi connectivity index (χ2v) is 6.92. The Hall–Kier alpha value is -2.44. The Bertz CT molecular complexity index is 773. The molecule has 0 radical (unpaired) electrons. The fraction of sp³-hybridized carbons (Fsp3) is 0.556. The lowest BCUT2D eigenvalue weighted by molar-refractivity contribution is -0.140. The van der Waals surface area contributed by atoms with E-state index in [-0.39, 0.29) is 24.3 Å². The molecule has 2 fully saturated rings. The van der Waals surface area contributed by atoms with Gasteiger partial charge in [0.25, 0.3) is 0 Å². The number of likely N-dealkylation sites (tertiary alicyclic amines) is 2. The van der Waals surface area contributed by atoms with Crippen LogP contribution in [0.2, 0.25) is 0 Å². The number of aromatic nitrogens is 3. The van der Waals surface area contributed by atoms with E-state index in [1.54, 1.807) is 4.68 Å². The lowest BCUT2D eigenvalue weighted by Gasteiger charge is -2.33. The Morgan fingerprint density at radius 1 is 1.00 bits per heavy atom. The van der Waals surface area contributed by atoms with E-state index in [9.17, 15) is 9.59 Å². The molecule has 0 spiro atoms. The first kappa shape index (κ1) is 16.1. The highest BCUT2D eigenvalue weighted by molar-refractivity contribution is 5.81. The molecule has 2 aliphatic heterocycles. The van der Waals surface area contributed by atoms with Gasteiger partial charge in [0.1, 0.15) is 12.1 Å². The molecule has 0 saturated carbocycles. The molecule has 0 bridgehead atoms. The van der Waals surface area contributed by atoms with Gasteiger partial charge in [-0.1, -0.05) is 17.3 Å². The van der Waals surface area contributed by atoms with Crippen molar-refractivity contribution in [1.29, 1.82) is 0 Å². The Kier molecular flexibility index (Phi) is 4.38. The minimum atomic E-state index is 0.0442. The lowest BCUT2D eigenvalue weighted by Crippen LogP contribution is -2.44. The summed E-state index contributed by atoms with van der Waals surface area (Å²) >= 11 is 0. The number of hydrogen-bond donors (Lipinski definition) is 0. The van der Waals surface area contributed by atoms with Gasteiger partial charge in [0.05, 0.1) is 5.52 Å². The molecule has 2 saturated heterocycles. The molecule has 25 heavy (non-hydrogen) atoms. The summed E-state index contributed by atoms with van der Waals surface area (Å²) in [5.74, 6) is 0.406. The monoisotopic (exact) mass is 341 g/mol. The molecule has 0 N–H and O–H groups in total. The van der Waals surface area contributed by atoms with Crippen molar-refractivity contribution in [3.63, 3.8) is 0 Å². The number of fused-ring (bicyclic) bond motifs is 1. The van der Waals surface area contributed by atoms with E-state index in [4.69, 9.17) is 0 Å². The van der Waals surface area contributed by atoms with Gasteiger partial charge in [0.15, 0.2) is 0 Å². The third-order valence-corrected chi connectivity index (χ3v) is 5.32. The second-order valence-electron chi connectivity index (χ2n) is 6.92. The van der Waals surface area contributed by atoms with Gasteiger partial charge in [-0.25, -0.2) is 4.68 Å². The number of nitrogens with zero attached hydrogens (tertiary/aromatic N) is 5. The molecule has 0 atom stereocenters. The highest BCUT2D eigenvalue weighted by Crippen LogP contribution is 2.22. The van der Waals surface area contributed by atoms with Crippen molar-refractivity contribution in [2.75, 3.05) is 26.2 Å². The summed E-state index contributed by atoms with van der Waals surface area (Å²) in [6.45, 7) is 3.30. The van der Waals surface area contributed by atoms with Gasteiger partial charge in [0.2, 0.25) is 11.8 Å². The molecule has 0 aliphatic carbocycles. The SMILES string of the molecule is O=C(Cn1nnc2ccccc21)N1CCC(C(=O)N2CCCC2)CC1. The smallest absolute Gasteiger partial charge is 0.244 e. The minimum absolute atomic E-state index is 0.0442. The lowest BCUT2D eigenvalue weighted by atomic mass is 9.95. The predicted octanol–water partition coefficient (Wildman–Crippen LogP) is 1.29. The molecular formula is C18H23N5O2. The summed E-state index contributed by atoms with van der Waals surface area (Å²) in [4.78, 5) is 28.9. The van der Waals surface area contributed by atoms with Crippen LogP contribution in [0.1, 0.15) is 25.7 Å². The topological polar surface area (TPSA) is 71.3 Å². The maximum absolute atomic E-state index is 12.6. The van der Waals surface area contributed by atoms with Gasteiger partial charge in [-0.15, -0.1) is 5.10 Å². The Balaban J connectivity index is 1.34. The molecule has 7 nitrogen and oxygen atoms in total. The highest BCUT2D eigenvalue weighted by Gasteiger charge is 2.31. The molecule has 0 unspecified atom stereocenters. The average Bonchev–Trinajstić information content (AvgIpc) is 3.32. The minimum Gasteiger partial charge on any atom is -0.342 e. The zero-order valence-corrected chi connectivity index (χ0v) is 14.3. The van der Waals surface area contributed by atoms with Crippen LogP contribution >= 0.6 is 0 Å². The number of piperidine rings is 1. The summed E-state index contributed by atoms with van der Waals surface area (Å²) in [6.07, 6.45) is 3.77. The van der Waals surface area contributed by atoms with E-state index in [1.807, 2.05) is 34.1 Å². The van der Waals surface area contributed by atoms with Gasteiger partial charge in [0, 0.05) is 32.1 Å². The molecule has 132 valence electrons. The number of hydrogen-bond acceptors (Lipinski definition) is 4. The van der Waals surface area contributed by atoms with Crippen LogP contribution in [-0.2, 0) is 16.1 Å². The molecule has 3 heterocycles. The van der Waals surface area contributed by atoms with Crippen LogP contribution in [0.3, 0.4) is 0 Å². The summed E-state index contributed by atoms with van der Waals surface area (Å²) in [7, 11) is 0. The van der Waals surface area contributed by atoms with Crippen LogP contribution in [0.25, 0.3) is 11.0 Å². The van der Waals surface area contributed by atoms with Gasteiger partial charge in [-0.3, -0.25) is 9.59 Å². The first-order chi connectivity index (χ1) is 12.2. The molecule has 7 heteroatoms. The molecule has 4 rings (SSSR count). The first-order valence-corrected chi connectivity index (χ1v) is 9.07. The van der Waals surface area contributed by atoms with Crippen LogP contribution in [0, 0.1) is 5.92 Å². The fourth-order valence-corrected chi connectivity index (χ4v) is 3.83. The Morgan fingerprint density at radius 2 is 1.72 bits per heavy atom. The van der Waals surface area contributed by atoms with Crippen molar-refractivity contribution in [2.45, 2.75) is 32.2 Å². The molecule has 2 aromatic rings. The molecule has 1 aromatic carbocycles. The zero-order valence-electron chi connectivity index (χ0n) is 14.3. The van der Waals surface area contributed by atoms with Gasteiger partial charge >= 0.3 is 0 Å². The van der Waals surface area contributed by atoms with Crippen LogP contribution in [0.4, 0.5) is 0 Å². The summed E-state index contributed by atoms with van der Waals surface area (Å²) < 4.78 is 1.65. The molecular weight excluding hydrogens is 318 g/mol. The number of amides is 2. The van der Waals surface area contributed by atoms with Crippen LogP contribution in [0.15, 0.2) is 24.3 Å². The number of carbonyl (C=O) groups excluding carboxylic acids is 2. The van der Waals surface area contributed by atoms with Crippen molar-refractivity contribution in [2.24, 2.45) is 5.92 Å². The molecule has 2 amide bonds. The van der Waals surface area contributed by atoms with E-state index in [1.165, 1.54) is 0 Å². The molecule has 2 aliphatic rings. The standard InChI is InChI=1S/C18H23N5O2/c24-17(13-23-16-6-2-1-5-15(16)19-20-23)21-11-7-14(8-12-21)18(25)22-9-3-4-10-22/h1-2,5-6,14H,3-4,7-13H2. The Labute approximate surface area is 146 Å². The third kappa shape index (κ3) is 3.23. The van der Waals surface area contributed by atoms with Gasteiger partial charge in [-0.05, 0) is 37.8 Å². The number of benzene rings is 1. The van der Waals surface area contributed by atoms with Crippen molar-refractivity contribution in [3.8, 4) is 0 Å². The zero-order chi connectivity index (χ0) is 17.2. The van der Waals surface area contributed by atoms with Crippen molar-refractivity contribution in [1.82, 2.24) is 24.8 Å². The quantitative estimate of drug-likeness (QED) is 0.843. The number of carbonyl (C=O) groups is 2. The largest absolute Gasteiger partial charge is 0.342 e. The Morgan fingerprint density at radius 3 is 2.48 bits per heavy atom. The van der Waals surface area contributed by atoms with Gasteiger partial charge < -0.3 is 9.80 Å². The van der Waals surface area contributed by atoms with Gasteiger partial charge in [-0.2, -0.15) is 0 Å². The van der Waals surface area contributed by atoms with Crippen LogP contribution in [0.5, 0.6) is 0 Å². The number of rotatable bonds is 3. The van der Waals surface area contributed by atoms with E-state index in [2.05, 4.69) is 10.3 Å². The summed E-state index contributed by atoms with van der Waals surface area (Å²) in [5, 5.41) is 8.17. The first-order valence-electron chi connectivity index (χ1n) is 9.07. The maximum atomic E-state index is 12.6. The van der Waals surface area contributed by atoms with E-state index < -0.39 is 0 Å². The van der Waals surface area contributed by atoms with Crippen LogP contribution in [-0.4, -0.2) is 62.8 Å². The van der Waals surface area contributed by atoms with Crippen LogP contribution < -0.4 is 0 Å². The highest BCUT2D eigenvalue weighted by atomic mass is 16.2. The van der Waals surface area contributed by atoms with E-state index in [0.717, 1.165) is 49.8 Å².